The summed E-state index contributed by atoms with van der Waals surface area (Å²) in [5, 5.41) is 4.73. The second-order valence-electron chi connectivity index (χ2n) is 5.60. The van der Waals surface area contributed by atoms with Crippen LogP contribution in [0.15, 0.2) is 72.0 Å². The summed E-state index contributed by atoms with van der Waals surface area (Å²) < 4.78 is 7.05. The van der Waals surface area contributed by atoms with Gasteiger partial charge in [-0.2, -0.15) is 5.10 Å². The molecule has 5 nitrogen and oxygen atoms in total. The Hall–Kier alpha value is -3.05. The van der Waals surface area contributed by atoms with E-state index in [1.807, 2.05) is 71.4 Å². The van der Waals surface area contributed by atoms with Crippen molar-refractivity contribution < 1.29 is 9.53 Å². The molecule has 1 amide bonds. The van der Waals surface area contributed by atoms with Gasteiger partial charge in [0.1, 0.15) is 5.75 Å². The molecule has 0 aliphatic rings. The fourth-order valence-electron chi connectivity index (χ4n) is 2.47. The molecule has 1 N–H and O–H groups in total. The van der Waals surface area contributed by atoms with E-state index in [1.54, 1.807) is 13.3 Å². The molecule has 6 heteroatoms. The van der Waals surface area contributed by atoms with Crippen molar-refractivity contribution in [2.45, 2.75) is 6.42 Å². The smallest absolute Gasteiger partial charge is 0.244 e. The summed E-state index contributed by atoms with van der Waals surface area (Å²) >= 11 is 5.92. The van der Waals surface area contributed by atoms with Crippen molar-refractivity contribution in [3.05, 3.63) is 83.1 Å². The summed E-state index contributed by atoms with van der Waals surface area (Å²) in [6.07, 6.45) is 3.78. The van der Waals surface area contributed by atoms with E-state index in [4.69, 9.17) is 16.3 Å². The van der Waals surface area contributed by atoms with Crippen molar-refractivity contribution in [3.8, 4) is 11.4 Å². The Morgan fingerprint density at radius 2 is 1.88 bits per heavy atom. The summed E-state index contributed by atoms with van der Waals surface area (Å²) in [7, 11) is 1.61. The van der Waals surface area contributed by atoms with Gasteiger partial charge < -0.3 is 9.30 Å². The summed E-state index contributed by atoms with van der Waals surface area (Å²) in [6, 6.07) is 18.7. The molecular formula is C20H18ClN3O2. The Morgan fingerprint density at radius 1 is 1.15 bits per heavy atom. The first-order valence-corrected chi connectivity index (χ1v) is 8.41. The first-order valence-electron chi connectivity index (χ1n) is 8.04. The van der Waals surface area contributed by atoms with Crippen molar-refractivity contribution in [1.29, 1.82) is 0 Å². The largest absolute Gasteiger partial charge is 0.497 e. The molecule has 0 saturated heterocycles. The van der Waals surface area contributed by atoms with Gasteiger partial charge in [-0.05, 0) is 54.1 Å². The van der Waals surface area contributed by atoms with Crippen LogP contribution in [0.1, 0.15) is 11.3 Å². The van der Waals surface area contributed by atoms with Gasteiger partial charge in [0.25, 0.3) is 0 Å². The predicted molar refractivity (Wildman–Crippen MR) is 103 cm³/mol. The number of benzene rings is 2. The van der Waals surface area contributed by atoms with Gasteiger partial charge >= 0.3 is 0 Å². The molecule has 3 aromatic rings. The highest BCUT2D eigenvalue weighted by atomic mass is 35.5. The van der Waals surface area contributed by atoms with E-state index < -0.39 is 0 Å². The lowest BCUT2D eigenvalue weighted by Crippen LogP contribution is -2.19. The number of hydrogen-bond donors (Lipinski definition) is 1. The zero-order valence-corrected chi connectivity index (χ0v) is 15.0. The number of carbonyl (C=O) groups is 1. The second-order valence-corrected chi connectivity index (χ2v) is 6.03. The van der Waals surface area contributed by atoms with E-state index >= 15 is 0 Å². The van der Waals surface area contributed by atoms with Gasteiger partial charge in [-0.3, -0.25) is 4.79 Å². The number of hydrogen-bond acceptors (Lipinski definition) is 3. The number of nitrogens with one attached hydrogen (secondary N) is 1. The van der Waals surface area contributed by atoms with E-state index in [-0.39, 0.29) is 12.3 Å². The van der Waals surface area contributed by atoms with Crippen LogP contribution >= 0.6 is 11.6 Å². The maximum Gasteiger partial charge on any atom is 0.244 e. The molecule has 0 aliphatic carbocycles. The molecule has 26 heavy (non-hydrogen) atoms. The van der Waals surface area contributed by atoms with E-state index in [0.717, 1.165) is 22.7 Å². The molecule has 0 bridgehead atoms. The lowest BCUT2D eigenvalue weighted by molar-refractivity contribution is -0.120. The van der Waals surface area contributed by atoms with E-state index in [2.05, 4.69) is 10.5 Å². The molecule has 1 aromatic heterocycles. The molecule has 0 fully saturated rings. The molecule has 0 radical (unpaired) electrons. The number of amides is 1. The van der Waals surface area contributed by atoms with Crippen LogP contribution in [0.2, 0.25) is 5.02 Å². The van der Waals surface area contributed by atoms with Crippen LogP contribution in [-0.2, 0) is 11.2 Å². The van der Waals surface area contributed by atoms with Crippen LogP contribution in [0.5, 0.6) is 5.75 Å². The topological polar surface area (TPSA) is 55.6 Å². The molecule has 0 spiro atoms. The van der Waals surface area contributed by atoms with Gasteiger partial charge in [0.2, 0.25) is 5.91 Å². The number of rotatable bonds is 6. The first-order chi connectivity index (χ1) is 12.7. The number of hydrazone groups is 1. The van der Waals surface area contributed by atoms with Crippen molar-refractivity contribution in [2.24, 2.45) is 5.10 Å². The number of ether oxygens (including phenoxy) is 1. The highest BCUT2D eigenvalue weighted by Gasteiger charge is 2.04. The van der Waals surface area contributed by atoms with Gasteiger partial charge in [-0.15, -0.1) is 0 Å². The minimum Gasteiger partial charge on any atom is -0.497 e. The Bertz CT molecular complexity index is 900. The van der Waals surface area contributed by atoms with E-state index in [1.165, 1.54) is 0 Å². The van der Waals surface area contributed by atoms with Crippen LogP contribution in [-0.4, -0.2) is 23.8 Å². The average Bonchev–Trinajstić information content (AvgIpc) is 3.11. The number of carbonyl (C=O) groups excluding carboxylic acids is 1. The lowest BCUT2D eigenvalue weighted by Gasteiger charge is -2.06. The van der Waals surface area contributed by atoms with Crippen molar-refractivity contribution in [1.82, 2.24) is 9.99 Å². The van der Waals surface area contributed by atoms with E-state index in [0.29, 0.717) is 5.02 Å². The van der Waals surface area contributed by atoms with Crippen molar-refractivity contribution in [2.75, 3.05) is 7.11 Å². The summed E-state index contributed by atoms with van der Waals surface area (Å²) in [5.74, 6) is 0.575. The Labute approximate surface area is 156 Å². The predicted octanol–water partition coefficient (Wildman–Crippen LogP) is 3.83. The average molecular weight is 368 g/mol. The lowest BCUT2D eigenvalue weighted by atomic mass is 10.1. The van der Waals surface area contributed by atoms with Gasteiger partial charge in [0.05, 0.1) is 25.4 Å². The highest BCUT2D eigenvalue weighted by molar-refractivity contribution is 6.30. The number of aromatic nitrogens is 1. The Balaban J connectivity index is 1.61. The minimum absolute atomic E-state index is 0.184. The van der Waals surface area contributed by atoms with Crippen LogP contribution < -0.4 is 10.2 Å². The van der Waals surface area contributed by atoms with Crippen LogP contribution in [0.4, 0.5) is 0 Å². The molecule has 0 aliphatic heterocycles. The molecular weight excluding hydrogens is 350 g/mol. The van der Waals surface area contributed by atoms with E-state index in [9.17, 15) is 4.79 Å². The molecule has 132 valence electrons. The Kier molecular flexibility index (Phi) is 5.71. The summed E-state index contributed by atoms with van der Waals surface area (Å²) in [4.78, 5) is 12.0. The molecule has 1 heterocycles. The standard InChI is InChI=1S/C20H18ClN3O2/c1-26-19-10-4-15(5-11-19)13-20(25)23-22-14-18-3-2-12-24(18)17-8-6-16(21)7-9-17/h2-12,14H,13H2,1H3,(H,23,25)/b22-14+. The molecule has 0 saturated carbocycles. The quantitative estimate of drug-likeness (QED) is 0.531. The second kappa shape index (κ2) is 8.36. The molecule has 2 aromatic carbocycles. The number of nitrogens with zero attached hydrogens (tertiary/aromatic N) is 2. The monoisotopic (exact) mass is 367 g/mol. The summed E-state index contributed by atoms with van der Waals surface area (Å²) in [5.41, 5.74) is 5.25. The fraction of sp³-hybridized carbons (Fsp3) is 0.100. The zero-order valence-electron chi connectivity index (χ0n) is 14.2. The minimum atomic E-state index is -0.184. The van der Waals surface area contributed by atoms with Crippen molar-refractivity contribution in [3.63, 3.8) is 0 Å². The number of methoxy groups -OCH3 is 1. The molecule has 3 rings (SSSR count). The molecule has 0 unspecified atom stereocenters. The first kappa shape index (κ1) is 17.8. The zero-order chi connectivity index (χ0) is 18.4. The van der Waals surface area contributed by atoms with Crippen LogP contribution in [0.3, 0.4) is 0 Å². The van der Waals surface area contributed by atoms with Crippen molar-refractivity contribution >= 4 is 23.7 Å². The van der Waals surface area contributed by atoms with Crippen LogP contribution in [0.25, 0.3) is 5.69 Å². The van der Waals surface area contributed by atoms with Gasteiger partial charge in [-0.25, -0.2) is 5.43 Å². The maximum atomic E-state index is 12.0. The summed E-state index contributed by atoms with van der Waals surface area (Å²) in [6.45, 7) is 0. The normalized spacial score (nSPS) is 10.8. The van der Waals surface area contributed by atoms with Gasteiger partial charge in [0.15, 0.2) is 0 Å². The third kappa shape index (κ3) is 4.52. The maximum absolute atomic E-state index is 12.0. The number of halogens is 1. The Morgan fingerprint density at radius 3 is 2.58 bits per heavy atom. The van der Waals surface area contributed by atoms with Gasteiger partial charge in [-0.1, -0.05) is 23.7 Å². The third-order valence-corrected chi connectivity index (χ3v) is 4.05. The van der Waals surface area contributed by atoms with Gasteiger partial charge in [0, 0.05) is 16.9 Å². The SMILES string of the molecule is COc1ccc(CC(=O)N/N=C/c2cccn2-c2ccc(Cl)cc2)cc1. The highest BCUT2D eigenvalue weighted by Crippen LogP contribution is 2.15. The fourth-order valence-corrected chi connectivity index (χ4v) is 2.60. The molecule has 0 atom stereocenters. The third-order valence-electron chi connectivity index (χ3n) is 3.79. The van der Waals surface area contributed by atoms with Crippen LogP contribution in [0, 0.1) is 0 Å².